The number of nitrogens with one attached hydrogen (secondary N) is 3. The van der Waals surface area contributed by atoms with Gasteiger partial charge in [-0.25, -0.2) is 9.78 Å². The highest BCUT2D eigenvalue weighted by molar-refractivity contribution is 6.35. The summed E-state index contributed by atoms with van der Waals surface area (Å²) in [4.78, 5) is 29.3. The Morgan fingerprint density at radius 1 is 1.32 bits per heavy atom. The molecule has 2 aliphatic heterocycles. The molecule has 5 rings (SSSR count). The summed E-state index contributed by atoms with van der Waals surface area (Å²) in [5.74, 6) is -0.378. The molecule has 1 aromatic carbocycles. The molecule has 3 aliphatic rings. The largest absolute Gasteiger partial charge is 0.432 e. The van der Waals surface area contributed by atoms with Crippen LogP contribution in [0.15, 0.2) is 10.5 Å². The van der Waals surface area contributed by atoms with Crippen LogP contribution in [0.25, 0.3) is 11.1 Å². The van der Waals surface area contributed by atoms with Gasteiger partial charge in [0.05, 0.1) is 28.9 Å². The van der Waals surface area contributed by atoms with Crippen molar-refractivity contribution in [1.29, 1.82) is 0 Å². The van der Waals surface area contributed by atoms with Gasteiger partial charge in [-0.1, -0.05) is 30.9 Å². The van der Waals surface area contributed by atoms with Gasteiger partial charge in [-0.05, 0) is 25.3 Å². The zero-order valence-corrected chi connectivity index (χ0v) is 16.0. The summed E-state index contributed by atoms with van der Waals surface area (Å²) in [6.45, 7) is 1.13. The molecule has 148 valence electrons. The second-order valence-corrected chi connectivity index (χ2v) is 8.14. The SMILES string of the molecule is O=C1Nc2c(Cl)cc3nc(C(=O)N[C@@H]4CCOC4)oc3c2C2(CCCCC2)N1. The quantitative estimate of drug-likeness (QED) is 0.712. The minimum absolute atomic E-state index is 0.00535. The number of oxazole rings is 1. The van der Waals surface area contributed by atoms with Crippen molar-refractivity contribution in [2.75, 3.05) is 18.5 Å². The number of hydrogen-bond donors (Lipinski definition) is 3. The molecular formula is C19H21ClN4O4. The molecule has 1 saturated heterocycles. The first-order valence-electron chi connectivity index (χ1n) is 9.67. The van der Waals surface area contributed by atoms with E-state index >= 15 is 0 Å². The number of carbonyl (C=O) groups excluding carboxylic acids is 2. The Labute approximate surface area is 166 Å². The Hall–Kier alpha value is -2.32. The van der Waals surface area contributed by atoms with Gasteiger partial charge in [0, 0.05) is 12.2 Å². The number of hydrogen-bond acceptors (Lipinski definition) is 5. The second-order valence-electron chi connectivity index (χ2n) is 7.73. The van der Waals surface area contributed by atoms with E-state index in [4.69, 9.17) is 20.8 Å². The van der Waals surface area contributed by atoms with Gasteiger partial charge >= 0.3 is 11.9 Å². The number of halogens is 1. The molecule has 9 heteroatoms. The van der Waals surface area contributed by atoms with Crippen LogP contribution in [0.3, 0.4) is 0 Å². The lowest BCUT2D eigenvalue weighted by molar-refractivity contribution is 0.0897. The Morgan fingerprint density at radius 2 is 2.14 bits per heavy atom. The van der Waals surface area contributed by atoms with Crippen LogP contribution in [0.4, 0.5) is 10.5 Å². The maximum atomic E-state index is 12.6. The fourth-order valence-corrected chi connectivity index (χ4v) is 4.81. The normalized spacial score (nSPS) is 23.3. The van der Waals surface area contributed by atoms with Crippen molar-refractivity contribution in [2.24, 2.45) is 0 Å². The molecule has 3 N–H and O–H groups in total. The first-order valence-corrected chi connectivity index (χ1v) is 10.0. The van der Waals surface area contributed by atoms with Crippen LogP contribution >= 0.6 is 11.6 Å². The Kier molecular flexibility index (Phi) is 4.21. The van der Waals surface area contributed by atoms with Crippen molar-refractivity contribution in [2.45, 2.75) is 50.1 Å². The van der Waals surface area contributed by atoms with E-state index in [0.717, 1.165) is 44.1 Å². The molecule has 0 unspecified atom stereocenters. The first kappa shape index (κ1) is 17.8. The molecule has 28 heavy (non-hydrogen) atoms. The third kappa shape index (κ3) is 2.82. The predicted molar refractivity (Wildman–Crippen MR) is 103 cm³/mol. The fraction of sp³-hybridized carbons (Fsp3) is 0.526. The van der Waals surface area contributed by atoms with E-state index < -0.39 is 5.54 Å². The summed E-state index contributed by atoms with van der Waals surface area (Å²) < 4.78 is 11.2. The van der Waals surface area contributed by atoms with Crippen LogP contribution in [-0.2, 0) is 10.3 Å². The van der Waals surface area contributed by atoms with Gasteiger partial charge in [0.25, 0.3) is 5.89 Å². The summed E-state index contributed by atoms with van der Waals surface area (Å²) in [7, 11) is 0. The van der Waals surface area contributed by atoms with E-state index in [9.17, 15) is 9.59 Å². The summed E-state index contributed by atoms with van der Waals surface area (Å²) in [5.41, 5.74) is 1.81. The summed E-state index contributed by atoms with van der Waals surface area (Å²) >= 11 is 6.47. The van der Waals surface area contributed by atoms with E-state index in [-0.39, 0.29) is 23.9 Å². The maximum Gasteiger partial charge on any atom is 0.319 e. The van der Waals surface area contributed by atoms with Gasteiger partial charge in [0.15, 0.2) is 5.58 Å². The number of aromatic nitrogens is 1. The first-order chi connectivity index (χ1) is 13.6. The molecule has 0 bridgehead atoms. The van der Waals surface area contributed by atoms with Gasteiger partial charge in [-0.3, -0.25) is 4.79 Å². The van der Waals surface area contributed by atoms with Crippen molar-refractivity contribution < 1.29 is 18.7 Å². The number of fused-ring (bicyclic) bond motifs is 4. The Bertz CT molecular complexity index is 960. The molecule has 1 aromatic heterocycles. The van der Waals surface area contributed by atoms with Crippen molar-refractivity contribution in [3.63, 3.8) is 0 Å². The molecule has 1 aliphatic carbocycles. The number of urea groups is 1. The molecule has 3 heterocycles. The number of carbonyl (C=O) groups is 2. The van der Waals surface area contributed by atoms with Gasteiger partial charge in [0.1, 0.15) is 5.52 Å². The van der Waals surface area contributed by atoms with E-state index in [0.29, 0.717) is 35.0 Å². The average molecular weight is 405 g/mol. The summed E-state index contributed by atoms with van der Waals surface area (Å²) in [6, 6.07) is 1.33. The number of amides is 3. The van der Waals surface area contributed by atoms with Crippen LogP contribution in [0, 0.1) is 0 Å². The highest BCUT2D eigenvalue weighted by atomic mass is 35.5. The summed E-state index contributed by atoms with van der Waals surface area (Å²) in [5, 5.41) is 9.18. The minimum Gasteiger partial charge on any atom is -0.432 e. The Morgan fingerprint density at radius 3 is 2.89 bits per heavy atom. The number of anilines is 1. The van der Waals surface area contributed by atoms with Gasteiger partial charge in [0.2, 0.25) is 0 Å². The molecule has 1 atom stereocenters. The molecule has 1 spiro atoms. The van der Waals surface area contributed by atoms with Crippen molar-refractivity contribution in [1.82, 2.24) is 15.6 Å². The zero-order chi connectivity index (χ0) is 19.3. The lowest BCUT2D eigenvalue weighted by Gasteiger charge is -2.42. The minimum atomic E-state index is -0.550. The lowest BCUT2D eigenvalue weighted by Crippen LogP contribution is -2.52. The second kappa shape index (κ2) is 6.63. The summed E-state index contributed by atoms with van der Waals surface area (Å²) in [6.07, 6.45) is 5.48. The molecule has 1 saturated carbocycles. The van der Waals surface area contributed by atoms with Gasteiger partial charge in [-0.2, -0.15) is 0 Å². The van der Waals surface area contributed by atoms with Gasteiger partial charge in [-0.15, -0.1) is 0 Å². The lowest BCUT2D eigenvalue weighted by atomic mass is 9.74. The van der Waals surface area contributed by atoms with E-state index in [1.165, 1.54) is 0 Å². The smallest absolute Gasteiger partial charge is 0.319 e. The highest BCUT2D eigenvalue weighted by Gasteiger charge is 2.44. The highest BCUT2D eigenvalue weighted by Crippen LogP contribution is 2.48. The van der Waals surface area contributed by atoms with Crippen LogP contribution in [-0.4, -0.2) is 36.2 Å². The topological polar surface area (TPSA) is 105 Å². The third-order valence-electron chi connectivity index (χ3n) is 5.87. The Balaban J connectivity index is 1.61. The van der Waals surface area contributed by atoms with E-state index in [1.54, 1.807) is 6.07 Å². The maximum absolute atomic E-state index is 12.6. The predicted octanol–water partition coefficient (Wildman–Crippen LogP) is 3.29. The van der Waals surface area contributed by atoms with E-state index in [1.807, 2.05) is 0 Å². The zero-order valence-electron chi connectivity index (χ0n) is 15.3. The van der Waals surface area contributed by atoms with Crippen LogP contribution in [0.1, 0.15) is 54.8 Å². The standard InChI is InChI=1S/C19H21ClN4O4/c20-11-8-12-15(28-17(22-12)16(25)21-10-4-7-27-9-10)13-14(11)23-18(26)24-19(13)5-2-1-3-6-19/h8,10H,1-7,9H2,(H,21,25)(H2,23,24,26)/t10-/m1/s1. The van der Waals surface area contributed by atoms with Crippen LogP contribution in [0.5, 0.6) is 0 Å². The van der Waals surface area contributed by atoms with Crippen molar-refractivity contribution in [3.05, 3.63) is 22.5 Å². The number of nitrogens with zero attached hydrogens (tertiary/aromatic N) is 1. The number of rotatable bonds is 2. The molecule has 2 aromatic rings. The van der Waals surface area contributed by atoms with Crippen LogP contribution < -0.4 is 16.0 Å². The monoisotopic (exact) mass is 404 g/mol. The molecule has 8 nitrogen and oxygen atoms in total. The van der Waals surface area contributed by atoms with Crippen molar-refractivity contribution in [3.8, 4) is 0 Å². The van der Waals surface area contributed by atoms with Crippen molar-refractivity contribution >= 4 is 40.3 Å². The number of ether oxygens (including phenoxy) is 1. The third-order valence-corrected chi connectivity index (χ3v) is 6.17. The van der Waals surface area contributed by atoms with E-state index in [2.05, 4.69) is 20.9 Å². The van der Waals surface area contributed by atoms with Crippen LogP contribution in [0.2, 0.25) is 5.02 Å². The molecule has 0 radical (unpaired) electrons. The molecular weight excluding hydrogens is 384 g/mol. The average Bonchev–Trinajstić information content (AvgIpc) is 3.32. The van der Waals surface area contributed by atoms with Gasteiger partial charge < -0.3 is 25.1 Å². The number of benzene rings is 1. The fourth-order valence-electron chi connectivity index (χ4n) is 4.56. The molecule has 2 fully saturated rings. The molecule has 3 amide bonds.